The Kier molecular flexibility index (Phi) is 5.29. The number of primary sulfonamides is 1. The minimum Gasteiger partial charge on any atom is -0.279 e. The van der Waals surface area contributed by atoms with Gasteiger partial charge in [0.05, 0.1) is 11.1 Å². The van der Waals surface area contributed by atoms with Gasteiger partial charge in [-0.2, -0.15) is 0 Å². The number of benzene rings is 2. The van der Waals surface area contributed by atoms with Crippen LogP contribution in [0.15, 0.2) is 52.8 Å². The summed E-state index contributed by atoms with van der Waals surface area (Å²) in [5.74, 6) is -0.864. The van der Waals surface area contributed by atoms with Crippen molar-refractivity contribution in [3.63, 3.8) is 0 Å². The highest BCUT2D eigenvalue weighted by molar-refractivity contribution is 7.95. The highest BCUT2D eigenvalue weighted by Gasteiger charge is 2.18. The molecule has 6 nitrogen and oxygen atoms in total. The number of nitrogens with one attached hydrogen (secondary N) is 1. The molecule has 0 spiro atoms. The van der Waals surface area contributed by atoms with Crippen molar-refractivity contribution in [1.82, 2.24) is 0 Å². The first-order valence-corrected chi connectivity index (χ1v) is 9.83. The molecule has 2 rings (SSSR count). The first kappa shape index (κ1) is 18.4. The zero-order valence-corrected chi connectivity index (χ0v) is 14.4. The van der Waals surface area contributed by atoms with Gasteiger partial charge in [0.15, 0.2) is 0 Å². The number of hydrogen-bond donors (Lipinski definition) is 2. The molecule has 2 aromatic rings. The Morgan fingerprint density at radius 2 is 1.79 bits per heavy atom. The number of anilines is 1. The lowest BCUT2D eigenvalue weighted by Gasteiger charge is -2.09. The predicted molar refractivity (Wildman–Crippen MR) is 90.8 cm³/mol. The lowest BCUT2D eigenvalue weighted by Crippen LogP contribution is -2.17. The van der Waals surface area contributed by atoms with Crippen molar-refractivity contribution < 1.29 is 21.2 Å². The van der Waals surface area contributed by atoms with Gasteiger partial charge in [0.1, 0.15) is 10.7 Å². The molecule has 0 amide bonds. The molecule has 0 radical (unpaired) electrons. The Labute approximate surface area is 143 Å². The molecular weight excluding hydrogens is 379 g/mol. The summed E-state index contributed by atoms with van der Waals surface area (Å²) in [5, 5.41) is 6.22. The van der Waals surface area contributed by atoms with Gasteiger partial charge in [-0.3, -0.25) is 4.72 Å². The fourth-order valence-corrected chi connectivity index (χ4v) is 3.64. The highest BCUT2D eigenvalue weighted by atomic mass is 35.5. The Morgan fingerprint density at radius 1 is 1.08 bits per heavy atom. The molecule has 3 N–H and O–H groups in total. The van der Waals surface area contributed by atoms with Crippen molar-refractivity contribution >= 4 is 43.4 Å². The van der Waals surface area contributed by atoms with E-state index in [9.17, 15) is 21.2 Å². The molecule has 0 heterocycles. The summed E-state index contributed by atoms with van der Waals surface area (Å²) in [6, 6.07) is 8.96. The normalized spacial score (nSPS) is 12.5. The van der Waals surface area contributed by atoms with Crippen LogP contribution in [0.4, 0.5) is 10.1 Å². The van der Waals surface area contributed by atoms with Gasteiger partial charge in [-0.25, -0.2) is 26.4 Å². The van der Waals surface area contributed by atoms with Crippen molar-refractivity contribution in [3.05, 3.63) is 64.3 Å². The minimum atomic E-state index is -4.31. The molecule has 0 saturated carbocycles. The lowest BCUT2D eigenvalue weighted by molar-refractivity contribution is 0.593. The standard InChI is InChI=1S/C14H12ClFN2O4S2/c15-11-3-1-2-10(8-11)6-7-23(19,20)18-13-5-4-12(16)9-14(13)24(17,21)22/h1-9,18H,(H2,17,21,22)/b7-6+. The highest BCUT2D eigenvalue weighted by Crippen LogP contribution is 2.23. The van der Waals surface area contributed by atoms with Gasteiger partial charge >= 0.3 is 0 Å². The van der Waals surface area contributed by atoms with Crippen LogP contribution in [0.5, 0.6) is 0 Å². The minimum absolute atomic E-state index is 0.352. The van der Waals surface area contributed by atoms with E-state index >= 15 is 0 Å². The Balaban J connectivity index is 2.33. The van der Waals surface area contributed by atoms with Gasteiger partial charge in [0.2, 0.25) is 10.0 Å². The van der Waals surface area contributed by atoms with Crippen molar-refractivity contribution in [2.24, 2.45) is 5.14 Å². The van der Waals surface area contributed by atoms with Crippen molar-refractivity contribution in [2.45, 2.75) is 4.90 Å². The fraction of sp³-hybridized carbons (Fsp3) is 0. The van der Waals surface area contributed by atoms with Crippen molar-refractivity contribution in [3.8, 4) is 0 Å². The summed E-state index contributed by atoms with van der Waals surface area (Å²) in [6.07, 6.45) is 1.27. The zero-order chi connectivity index (χ0) is 18.0. The first-order valence-electron chi connectivity index (χ1n) is 6.36. The lowest BCUT2D eigenvalue weighted by atomic mass is 10.2. The van der Waals surface area contributed by atoms with Crippen LogP contribution in [0.2, 0.25) is 5.02 Å². The van der Waals surface area contributed by atoms with E-state index in [1.54, 1.807) is 24.3 Å². The Hall–Kier alpha value is -1.94. The summed E-state index contributed by atoms with van der Waals surface area (Å²) < 4.78 is 62.3. The quantitative estimate of drug-likeness (QED) is 0.818. The summed E-state index contributed by atoms with van der Waals surface area (Å²) in [6.45, 7) is 0. The van der Waals surface area contributed by atoms with E-state index < -0.39 is 30.8 Å². The van der Waals surface area contributed by atoms with Gasteiger partial charge in [-0.15, -0.1) is 0 Å². The van der Waals surface area contributed by atoms with Crippen LogP contribution in [0.3, 0.4) is 0 Å². The van der Waals surface area contributed by atoms with E-state index in [0.717, 1.165) is 17.5 Å². The molecule has 128 valence electrons. The molecule has 0 saturated heterocycles. The van der Waals surface area contributed by atoms with Gasteiger partial charge in [-0.1, -0.05) is 23.7 Å². The number of nitrogens with two attached hydrogens (primary N) is 1. The second-order valence-corrected chi connectivity index (χ2v) is 8.22. The molecule has 0 bridgehead atoms. The van der Waals surface area contributed by atoms with Crippen LogP contribution >= 0.6 is 11.6 Å². The van der Waals surface area contributed by atoms with E-state index in [2.05, 4.69) is 0 Å². The zero-order valence-electron chi connectivity index (χ0n) is 12.0. The van der Waals surface area contributed by atoms with E-state index in [1.165, 1.54) is 6.08 Å². The summed E-state index contributed by atoms with van der Waals surface area (Å²) in [7, 11) is -8.37. The van der Waals surface area contributed by atoms with Crippen molar-refractivity contribution in [1.29, 1.82) is 0 Å². The largest absolute Gasteiger partial charge is 0.279 e. The molecule has 0 atom stereocenters. The molecule has 0 fully saturated rings. The first-order chi connectivity index (χ1) is 11.1. The van der Waals surface area contributed by atoms with Gasteiger partial charge in [-0.05, 0) is 42.0 Å². The third-order valence-corrected chi connectivity index (χ3v) is 4.98. The van der Waals surface area contributed by atoms with E-state index in [1.807, 2.05) is 4.72 Å². The second kappa shape index (κ2) is 6.89. The smallest absolute Gasteiger partial charge is 0.255 e. The van der Waals surface area contributed by atoms with E-state index in [0.29, 0.717) is 16.7 Å². The number of rotatable bonds is 5. The van der Waals surface area contributed by atoms with Crippen LogP contribution < -0.4 is 9.86 Å². The van der Waals surface area contributed by atoms with Crippen molar-refractivity contribution in [2.75, 3.05) is 4.72 Å². The summed E-state index contributed by atoms with van der Waals surface area (Å²) in [4.78, 5) is -0.665. The van der Waals surface area contributed by atoms with E-state index in [4.69, 9.17) is 16.7 Å². The summed E-state index contributed by atoms with van der Waals surface area (Å²) >= 11 is 5.80. The maximum Gasteiger partial charge on any atom is 0.255 e. The molecule has 24 heavy (non-hydrogen) atoms. The topological polar surface area (TPSA) is 106 Å². The molecule has 2 aromatic carbocycles. The summed E-state index contributed by atoms with van der Waals surface area (Å²) in [5.41, 5.74) is 0.174. The van der Waals surface area contributed by atoms with Crippen LogP contribution in [0.25, 0.3) is 6.08 Å². The number of sulfonamides is 2. The maximum absolute atomic E-state index is 13.2. The van der Waals surface area contributed by atoms with Crippen LogP contribution in [-0.4, -0.2) is 16.8 Å². The third kappa shape index (κ3) is 5.03. The van der Waals surface area contributed by atoms with Crippen LogP contribution in [0, 0.1) is 5.82 Å². The average Bonchev–Trinajstić information content (AvgIpc) is 2.46. The van der Waals surface area contributed by atoms with Crippen LogP contribution in [-0.2, 0) is 20.0 Å². The molecule has 0 aliphatic rings. The number of halogens is 2. The van der Waals surface area contributed by atoms with E-state index in [-0.39, 0.29) is 5.69 Å². The average molecular weight is 391 g/mol. The molecule has 10 heteroatoms. The van der Waals surface area contributed by atoms with Gasteiger partial charge in [0, 0.05) is 5.02 Å². The van der Waals surface area contributed by atoms with Gasteiger partial charge in [0.25, 0.3) is 10.0 Å². The monoisotopic (exact) mass is 390 g/mol. The predicted octanol–water partition coefficient (Wildman–Crippen LogP) is 2.54. The second-order valence-electron chi connectivity index (χ2n) is 4.69. The van der Waals surface area contributed by atoms with Gasteiger partial charge < -0.3 is 0 Å². The maximum atomic E-state index is 13.2. The fourth-order valence-electron chi connectivity index (χ4n) is 1.78. The molecule has 0 aliphatic heterocycles. The molecule has 0 aliphatic carbocycles. The molecule has 0 aromatic heterocycles. The molecule has 0 unspecified atom stereocenters. The Bertz CT molecular complexity index is 1010. The SMILES string of the molecule is NS(=O)(=O)c1cc(F)ccc1NS(=O)(=O)/C=C/c1cccc(Cl)c1. The third-order valence-electron chi connectivity index (χ3n) is 2.79. The van der Waals surface area contributed by atoms with Crippen LogP contribution in [0.1, 0.15) is 5.56 Å². The molecular formula is C14H12ClFN2O4S2. The number of hydrogen-bond acceptors (Lipinski definition) is 4. The Morgan fingerprint density at radius 3 is 2.42 bits per heavy atom.